The Hall–Kier alpha value is -0.560. The van der Waals surface area contributed by atoms with Crippen LogP contribution in [0.15, 0.2) is 0 Å². The van der Waals surface area contributed by atoms with Crippen molar-refractivity contribution in [3.8, 4) is 12.3 Å². The van der Waals surface area contributed by atoms with E-state index in [1.807, 2.05) is 0 Å². The standard InChI is InChI=1S/C24H37NO2/c1-6-14-7-8-16-19-17(10-12-23(14,16)4)24(5)11-9-15(25)13-18(24)20-21(19)27-22(2,3)26-20/h1,14-21H,7-13,25H2,2-5H3/t14?,15-,16?,17?,18?,19?,20+,21+,23+,24+/m0/s1. The van der Waals surface area contributed by atoms with Crippen molar-refractivity contribution in [2.45, 2.75) is 96.7 Å². The van der Waals surface area contributed by atoms with Crippen LogP contribution in [-0.4, -0.2) is 24.0 Å². The van der Waals surface area contributed by atoms with Crippen LogP contribution in [0.2, 0.25) is 0 Å². The third-order valence-corrected chi connectivity index (χ3v) is 9.78. The average Bonchev–Trinajstić information content (AvgIpc) is 3.11. The predicted molar refractivity (Wildman–Crippen MR) is 107 cm³/mol. The van der Waals surface area contributed by atoms with Crippen molar-refractivity contribution in [3.63, 3.8) is 0 Å². The van der Waals surface area contributed by atoms with E-state index in [0.717, 1.165) is 18.8 Å². The number of hydrogen-bond acceptors (Lipinski definition) is 3. The molecule has 1 heterocycles. The minimum absolute atomic E-state index is 0.199. The molecule has 150 valence electrons. The molecule has 5 fully saturated rings. The quantitative estimate of drug-likeness (QED) is 0.644. The first-order valence-electron chi connectivity index (χ1n) is 11.3. The Morgan fingerprint density at radius 2 is 1.52 bits per heavy atom. The van der Waals surface area contributed by atoms with Crippen molar-refractivity contribution in [1.29, 1.82) is 0 Å². The van der Waals surface area contributed by atoms with Gasteiger partial charge < -0.3 is 15.2 Å². The Labute approximate surface area is 165 Å². The number of rotatable bonds is 0. The maximum Gasteiger partial charge on any atom is 0.163 e. The highest BCUT2D eigenvalue weighted by Gasteiger charge is 2.68. The van der Waals surface area contributed by atoms with Crippen molar-refractivity contribution >= 4 is 0 Å². The number of nitrogens with two attached hydrogens (primary N) is 1. The summed E-state index contributed by atoms with van der Waals surface area (Å²) < 4.78 is 13.3. The van der Waals surface area contributed by atoms with E-state index in [1.54, 1.807) is 0 Å². The van der Waals surface area contributed by atoms with E-state index in [2.05, 4.69) is 33.6 Å². The zero-order valence-electron chi connectivity index (χ0n) is 17.5. The van der Waals surface area contributed by atoms with E-state index in [4.69, 9.17) is 21.6 Å². The molecule has 10 atom stereocenters. The largest absolute Gasteiger partial charge is 0.344 e. The molecular formula is C24H37NO2. The Balaban J connectivity index is 1.58. The van der Waals surface area contributed by atoms with Gasteiger partial charge in [-0.25, -0.2) is 0 Å². The third-order valence-electron chi connectivity index (χ3n) is 9.78. The van der Waals surface area contributed by atoms with Crippen LogP contribution in [-0.2, 0) is 9.47 Å². The predicted octanol–water partition coefficient (Wildman–Crippen LogP) is 4.35. The van der Waals surface area contributed by atoms with Gasteiger partial charge in [0.2, 0.25) is 0 Å². The van der Waals surface area contributed by atoms with E-state index < -0.39 is 5.79 Å². The molecule has 4 saturated carbocycles. The fourth-order valence-corrected chi connectivity index (χ4v) is 8.49. The summed E-state index contributed by atoms with van der Waals surface area (Å²) in [4.78, 5) is 0. The van der Waals surface area contributed by atoms with E-state index >= 15 is 0 Å². The molecule has 0 radical (unpaired) electrons. The number of ether oxygens (including phenoxy) is 2. The second-order valence-electron chi connectivity index (χ2n) is 11.3. The Kier molecular flexibility index (Phi) is 3.93. The molecule has 3 nitrogen and oxygen atoms in total. The van der Waals surface area contributed by atoms with Crippen LogP contribution < -0.4 is 5.73 Å². The normalized spacial score (nSPS) is 58.5. The fraction of sp³-hybridized carbons (Fsp3) is 0.917. The lowest BCUT2D eigenvalue weighted by Crippen LogP contribution is -2.63. The van der Waals surface area contributed by atoms with Crippen LogP contribution in [0.1, 0.15) is 72.6 Å². The van der Waals surface area contributed by atoms with Gasteiger partial charge in [-0.3, -0.25) is 0 Å². The second kappa shape index (κ2) is 5.74. The molecule has 1 saturated heterocycles. The summed E-state index contributed by atoms with van der Waals surface area (Å²) in [5, 5.41) is 0. The second-order valence-corrected chi connectivity index (χ2v) is 11.3. The maximum atomic E-state index is 6.66. The molecule has 0 spiro atoms. The van der Waals surface area contributed by atoms with E-state index in [0.29, 0.717) is 35.1 Å². The highest BCUT2D eigenvalue weighted by atomic mass is 16.8. The topological polar surface area (TPSA) is 44.5 Å². The summed E-state index contributed by atoms with van der Waals surface area (Å²) in [5.74, 6) is 5.63. The van der Waals surface area contributed by atoms with E-state index in [-0.39, 0.29) is 17.6 Å². The molecule has 0 aromatic rings. The average molecular weight is 372 g/mol. The molecule has 2 N–H and O–H groups in total. The SMILES string of the molecule is C#CC1CCC2C3C(CC[C@]12C)[C@@]1(C)CC[C@H](N)CC1[C@H]1OC(C)(C)O[C@H]31. The molecule has 4 aliphatic carbocycles. The molecule has 0 aromatic heterocycles. The van der Waals surface area contributed by atoms with E-state index in [9.17, 15) is 0 Å². The maximum absolute atomic E-state index is 6.66. The van der Waals surface area contributed by atoms with Crippen molar-refractivity contribution in [1.82, 2.24) is 0 Å². The van der Waals surface area contributed by atoms with E-state index in [1.165, 1.54) is 32.1 Å². The van der Waals surface area contributed by atoms with Gasteiger partial charge in [-0.2, -0.15) is 0 Å². The van der Waals surface area contributed by atoms with Gasteiger partial charge in [-0.15, -0.1) is 12.3 Å². The zero-order valence-corrected chi connectivity index (χ0v) is 17.5. The van der Waals surface area contributed by atoms with Gasteiger partial charge in [0, 0.05) is 12.0 Å². The summed E-state index contributed by atoms with van der Waals surface area (Å²) >= 11 is 0. The fourth-order valence-electron chi connectivity index (χ4n) is 8.49. The zero-order chi connectivity index (χ0) is 19.2. The molecule has 0 bridgehead atoms. The minimum Gasteiger partial charge on any atom is -0.344 e. The van der Waals surface area contributed by atoms with Gasteiger partial charge in [0.15, 0.2) is 5.79 Å². The van der Waals surface area contributed by atoms with Crippen LogP contribution in [0.4, 0.5) is 0 Å². The summed E-state index contributed by atoms with van der Waals surface area (Å²) in [7, 11) is 0. The van der Waals surface area contributed by atoms with Gasteiger partial charge in [-0.05, 0) is 93.3 Å². The molecule has 3 heteroatoms. The first-order chi connectivity index (χ1) is 12.7. The van der Waals surface area contributed by atoms with Crippen molar-refractivity contribution < 1.29 is 9.47 Å². The van der Waals surface area contributed by atoms with Crippen LogP contribution in [0.3, 0.4) is 0 Å². The molecular weight excluding hydrogens is 334 g/mol. The molecule has 5 unspecified atom stereocenters. The molecule has 0 amide bonds. The van der Waals surface area contributed by atoms with Crippen LogP contribution in [0, 0.1) is 52.8 Å². The first-order valence-corrected chi connectivity index (χ1v) is 11.3. The summed E-state index contributed by atoms with van der Waals surface area (Å²) in [6.45, 7) is 9.23. The van der Waals surface area contributed by atoms with Gasteiger partial charge in [0.25, 0.3) is 0 Å². The van der Waals surface area contributed by atoms with Crippen molar-refractivity contribution in [2.24, 2.45) is 46.2 Å². The van der Waals surface area contributed by atoms with Gasteiger partial charge >= 0.3 is 0 Å². The monoisotopic (exact) mass is 371 g/mol. The molecule has 5 aliphatic rings. The lowest BCUT2D eigenvalue weighted by molar-refractivity contribution is -0.178. The molecule has 0 aromatic carbocycles. The lowest BCUT2D eigenvalue weighted by atomic mass is 9.43. The molecule has 27 heavy (non-hydrogen) atoms. The summed E-state index contributed by atoms with van der Waals surface area (Å²) in [6, 6.07) is 0.318. The lowest BCUT2D eigenvalue weighted by Gasteiger charge is -2.63. The molecule has 5 rings (SSSR count). The van der Waals surface area contributed by atoms with Gasteiger partial charge in [0.1, 0.15) is 0 Å². The van der Waals surface area contributed by atoms with Gasteiger partial charge in [0.05, 0.1) is 12.2 Å². The molecule has 1 aliphatic heterocycles. The highest BCUT2D eigenvalue weighted by Crippen LogP contribution is 2.69. The smallest absolute Gasteiger partial charge is 0.163 e. The van der Waals surface area contributed by atoms with Crippen LogP contribution in [0.5, 0.6) is 0 Å². The van der Waals surface area contributed by atoms with Crippen molar-refractivity contribution in [2.75, 3.05) is 0 Å². The summed E-state index contributed by atoms with van der Waals surface area (Å²) in [6.07, 6.45) is 14.9. The first kappa shape index (κ1) is 18.5. The third kappa shape index (κ3) is 2.39. The Bertz CT molecular complexity index is 668. The minimum atomic E-state index is -0.482. The van der Waals surface area contributed by atoms with Crippen LogP contribution in [0.25, 0.3) is 0 Å². The summed E-state index contributed by atoms with van der Waals surface area (Å²) in [5.41, 5.74) is 7.06. The Morgan fingerprint density at radius 1 is 0.852 bits per heavy atom. The van der Waals surface area contributed by atoms with Crippen molar-refractivity contribution in [3.05, 3.63) is 0 Å². The highest BCUT2D eigenvalue weighted by molar-refractivity contribution is 5.18. The number of hydrogen-bond donors (Lipinski definition) is 1. The number of fused-ring (bicyclic) bond motifs is 8. The van der Waals surface area contributed by atoms with Gasteiger partial charge in [-0.1, -0.05) is 13.8 Å². The number of terminal acetylenes is 1. The Morgan fingerprint density at radius 3 is 2.26 bits per heavy atom. The van der Waals surface area contributed by atoms with Crippen LogP contribution >= 0.6 is 0 Å².